The number of halogens is 3. The summed E-state index contributed by atoms with van der Waals surface area (Å²) in [5, 5.41) is 12.5. The molecule has 0 aliphatic carbocycles. The highest BCUT2D eigenvalue weighted by Gasteiger charge is 2.22. The van der Waals surface area contributed by atoms with Crippen molar-refractivity contribution >= 4 is 63.9 Å². The van der Waals surface area contributed by atoms with Gasteiger partial charge in [-0.25, -0.2) is 4.98 Å². The average Bonchev–Trinajstić information content (AvgIpc) is 3.17. The first kappa shape index (κ1) is 27.8. The van der Waals surface area contributed by atoms with Crippen molar-refractivity contribution in [2.75, 3.05) is 18.4 Å². The van der Waals surface area contributed by atoms with E-state index in [0.29, 0.717) is 51.4 Å². The van der Waals surface area contributed by atoms with E-state index in [9.17, 15) is 14.4 Å². The Morgan fingerprint density at radius 3 is 2.36 bits per heavy atom. The molecule has 0 aliphatic rings. The molecule has 0 spiro atoms. The number of anilines is 1. The number of nitrogens with zero attached hydrogens (tertiary/aromatic N) is 3. The Kier molecular flexibility index (Phi) is 9.59. The maximum absolute atomic E-state index is 13.3. The van der Waals surface area contributed by atoms with Crippen molar-refractivity contribution in [2.24, 2.45) is 0 Å². The highest BCUT2D eigenvalue weighted by atomic mass is 35.5. The van der Waals surface area contributed by atoms with Gasteiger partial charge in [0.25, 0.3) is 0 Å². The Morgan fingerprint density at radius 1 is 1.03 bits per heavy atom. The zero-order chi connectivity index (χ0) is 26.4. The number of aliphatic carboxylic acids is 1. The number of aromatic nitrogens is 2. The summed E-state index contributed by atoms with van der Waals surface area (Å²) in [5.41, 5.74) is 2.45. The Bertz CT molecular complexity index is 1290. The van der Waals surface area contributed by atoms with Crippen molar-refractivity contribution in [2.45, 2.75) is 46.0 Å². The zero-order valence-electron chi connectivity index (χ0n) is 20.0. The number of pyridine rings is 1. The van der Waals surface area contributed by atoms with Crippen LogP contribution >= 0.6 is 34.8 Å². The fraction of sp³-hybridized carbons (Fsp3) is 0.360. The monoisotopic (exact) mass is 552 g/mol. The number of carbonyl (C=O) groups excluding carboxylic acids is 2. The van der Waals surface area contributed by atoms with Crippen LogP contribution in [0.25, 0.3) is 16.9 Å². The van der Waals surface area contributed by atoms with Gasteiger partial charge in [0.2, 0.25) is 11.8 Å². The molecular formula is C25H27Cl3N4O4. The first-order chi connectivity index (χ1) is 17.1. The molecule has 1 aromatic carbocycles. The molecule has 0 atom stereocenters. The predicted octanol–water partition coefficient (Wildman–Crippen LogP) is 5.96. The van der Waals surface area contributed by atoms with Gasteiger partial charge in [-0.3, -0.25) is 14.4 Å². The number of rotatable bonds is 11. The fourth-order valence-electron chi connectivity index (χ4n) is 3.88. The van der Waals surface area contributed by atoms with Crippen LogP contribution < -0.4 is 5.32 Å². The number of carbonyl (C=O) groups is 3. The standard InChI is InChI=1S/C25H27Cl3N4O4/c1-3-9-31(10-4-2)22(34)13-20-24(30-25-18(28)12-16(26)14-32(20)25)15-5-6-17(27)19(11-15)29-21(33)7-8-23(35)36/h5-6,11-12,14H,3-4,7-10,13H2,1-2H3,(H,29,33)(H,35,36). The minimum absolute atomic E-state index is 0.0472. The minimum atomic E-state index is -1.07. The largest absolute Gasteiger partial charge is 0.481 e. The third-order valence-electron chi connectivity index (χ3n) is 5.48. The molecule has 0 aliphatic heterocycles. The maximum Gasteiger partial charge on any atom is 0.303 e. The van der Waals surface area contributed by atoms with Crippen molar-refractivity contribution in [1.82, 2.24) is 14.3 Å². The van der Waals surface area contributed by atoms with E-state index >= 15 is 0 Å². The number of amides is 2. The van der Waals surface area contributed by atoms with Gasteiger partial charge in [-0.15, -0.1) is 0 Å². The van der Waals surface area contributed by atoms with E-state index in [4.69, 9.17) is 44.9 Å². The number of benzene rings is 1. The first-order valence-corrected chi connectivity index (χ1v) is 12.7. The van der Waals surface area contributed by atoms with Gasteiger partial charge >= 0.3 is 5.97 Å². The van der Waals surface area contributed by atoms with Crippen LogP contribution in [0.1, 0.15) is 45.2 Å². The van der Waals surface area contributed by atoms with Crippen LogP contribution in [0.2, 0.25) is 15.1 Å². The van der Waals surface area contributed by atoms with E-state index in [1.165, 1.54) is 0 Å². The molecule has 192 valence electrons. The summed E-state index contributed by atoms with van der Waals surface area (Å²) in [6, 6.07) is 6.56. The summed E-state index contributed by atoms with van der Waals surface area (Å²) in [5.74, 6) is -1.60. The molecular weight excluding hydrogens is 527 g/mol. The quantitative estimate of drug-likeness (QED) is 0.305. The molecule has 2 aromatic heterocycles. The summed E-state index contributed by atoms with van der Waals surface area (Å²) in [4.78, 5) is 42.8. The van der Waals surface area contributed by atoms with Crippen molar-refractivity contribution in [1.29, 1.82) is 0 Å². The molecule has 2 N–H and O–H groups in total. The van der Waals surface area contributed by atoms with Crippen LogP contribution in [0.3, 0.4) is 0 Å². The van der Waals surface area contributed by atoms with Crippen molar-refractivity contribution < 1.29 is 19.5 Å². The SMILES string of the molecule is CCCN(CCC)C(=O)Cc1c(-c2ccc(Cl)c(NC(=O)CCC(=O)O)c2)nc2c(Cl)cc(Cl)cn12. The normalized spacial score (nSPS) is 11.0. The summed E-state index contributed by atoms with van der Waals surface area (Å²) >= 11 is 19.0. The Balaban J connectivity index is 2.06. The van der Waals surface area contributed by atoms with Crippen LogP contribution in [-0.2, 0) is 20.8 Å². The van der Waals surface area contributed by atoms with Crippen molar-refractivity contribution in [3.8, 4) is 11.3 Å². The molecule has 0 bridgehead atoms. The van der Waals surface area contributed by atoms with E-state index in [1.54, 1.807) is 34.9 Å². The fourth-order valence-corrected chi connectivity index (χ4v) is 4.56. The number of carboxylic acids is 1. The molecule has 0 fully saturated rings. The van der Waals surface area contributed by atoms with E-state index < -0.39 is 11.9 Å². The molecule has 2 heterocycles. The molecule has 0 radical (unpaired) electrons. The number of nitrogens with one attached hydrogen (secondary N) is 1. The Labute approximate surface area is 224 Å². The molecule has 3 aromatic rings. The number of imidazole rings is 1. The van der Waals surface area contributed by atoms with Gasteiger partial charge in [-0.2, -0.15) is 0 Å². The lowest BCUT2D eigenvalue weighted by atomic mass is 10.1. The Morgan fingerprint density at radius 2 is 1.72 bits per heavy atom. The molecule has 0 saturated heterocycles. The summed E-state index contributed by atoms with van der Waals surface area (Å²) in [6.07, 6.45) is 2.92. The van der Waals surface area contributed by atoms with Crippen LogP contribution in [0, 0.1) is 0 Å². The lowest BCUT2D eigenvalue weighted by Crippen LogP contribution is -2.34. The molecule has 0 saturated carbocycles. The van der Waals surface area contributed by atoms with Gasteiger partial charge in [0.15, 0.2) is 5.65 Å². The summed E-state index contributed by atoms with van der Waals surface area (Å²) in [7, 11) is 0. The molecule has 8 nitrogen and oxygen atoms in total. The second-order valence-electron chi connectivity index (χ2n) is 8.30. The number of fused-ring (bicyclic) bond motifs is 1. The van der Waals surface area contributed by atoms with Crippen molar-refractivity contribution in [3.63, 3.8) is 0 Å². The van der Waals surface area contributed by atoms with Gasteiger partial charge in [-0.1, -0.05) is 54.7 Å². The predicted molar refractivity (Wildman–Crippen MR) is 142 cm³/mol. The second-order valence-corrected chi connectivity index (χ2v) is 9.55. The number of hydrogen-bond acceptors (Lipinski definition) is 4. The lowest BCUT2D eigenvalue weighted by Gasteiger charge is -2.21. The van der Waals surface area contributed by atoms with Crippen molar-refractivity contribution in [3.05, 3.63) is 51.2 Å². The molecule has 11 heteroatoms. The summed E-state index contributed by atoms with van der Waals surface area (Å²) < 4.78 is 1.72. The topological polar surface area (TPSA) is 104 Å². The van der Waals surface area contributed by atoms with E-state index in [2.05, 4.69) is 5.32 Å². The van der Waals surface area contributed by atoms with Crippen LogP contribution in [0.5, 0.6) is 0 Å². The van der Waals surface area contributed by atoms with Gasteiger partial charge in [-0.05, 0) is 31.0 Å². The van der Waals surface area contributed by atoms with E-state index in [0.717, 1.165) is 12.8 Å². The molecule has 3 rings (SSSR count). The van der Waals surface area contributed by atoms with Crippen LogP contribution in [0.15, 0.2) is 30.5 Å². The van der Waals surface area contributed by atoms with Gasteiger partial charge in [0, 0.05) is 31.3 Å². The zero-order valence-corrected chi connectivity index (χ0v) is 22.3. The van der Waals surface area contributed by atoms with E-state index in [1.807, 2.05) is 18.7 Å². The summed E-state index contributed by atoms with van der Waals surface area (Å²) in [6.45, 7) is 5.34. The maximum atomic E-state index is 13.3. The highest BCUT2D eigenvalue weighted by Crippen LogP contribution is 2.34. The van der Waals surface area contributed by atoms with Crippen LogP contribution in [0.4, 0.5) is 5.69 Å². The smallest absolute Gasteiger partial charge is 0.303 e. The lowest BCUT2D eigenvalue weighted by molar-refractivity contribution is -0.138. The van der Waals surface area contributed by atoms with Gasteiger partial charge < -0.3 is 19.7 Å². The van der Waals surface area contributed by atoms with Gasteiger partial charge in [0.05, 0.1) is 45.0 Å². The third-order valence-corrected chi connectivity index (χ3v) is 6.29. The molecule has 2 amide bonds. The second kappa shape index (κ2) is 12.4. The first-order valence-electron chi connectivity index (χ1n) is 11.6. The van der Waals surface area contributed by atoms with Crippen LogP contribution in [-0.4, -0.2) is 50.3 Å². The molecule has 0 unspecified atom stereocenters. The number of carboxylic acid groups (broad SMARTS) is 1. The minimum Gasteiger partial charge on any atom is -0.481 e. The Hall–Kier alpha value is -2.81. The van der Waals surface area contributed by atoms with Gasteiger partial charge in [0.1, 0.15) is 0 Å². The molecule has 36 heavy (non-hydrogen) atoms. The van der Waals surface area contributed by atoms with E-state index in [-0.39, 0.29) is 30.2 Å². The number of hydrogen-bond donors (Lipinski definition) is 2. The average molecular weight is 554 g/mol. The highest BCUT2D eigenvalue weighted by molar-refractivity contribution is 6.36. The third kappa shape index (κ3) is 6.69.